The molecule has 0 spiro atoms. The summed E-state index contributed by atoms with van der Waals surface area (Å²) in [5, 5.41) is 10.6. The van der Waals surface area contributed by atoms with Crippen LogP contribution in [0, 0.1) is 0 Å². The van der Waals surface area contributed by atoms with Gasteiger partial charge in [-0.05, 0) is 116 Å². The summed E-state index contributed by atoms with van der Waals surface area (Å²) in [5.41, 5.74) is 0. The average molecular weight is 1390 g/mol. The highest BCUT2D eigenvalue weighted by molar-refractivity contribution is 7.47. The number of ether oxygens (including phenoxy) is 4. The number of aliphatic hydroxyl groups excluding tert-OH is 1. The van der Waals surface area contributed by atoms with E-state index in [1.165, 1.54) is 77.0 Å². The second kappa shape index (κ2) is 69.0. The van der Waals surface area contributed by atoms with Crippen molar-refractivity contribution >= 4 is 39.5 Å². The highest BCUT2D eigenvalue weighted by atomic mass is 31.2. The number of hydrogen-bond acceptors (Lipinski definition) is 15. The van der Waals surface area contributed by atoms with Crippen LogP contribution in [0.5, 0.6) is 0 Å². The van der Waals surface area contributed by atoms with Crippen LogP contribution in [0.15, 0.2) is 122 Å². The second-order valence-corrected chi connectivity index (χ2v) is 27.0. The van der Waals surface area contributed by atoms with Crippen molar-refractivity contribution in [2.75, 3.05) is 39.6 Å². The fourth-order valence-corrected chi connectivity index (χ4v) is 11.0. The van der Waals surface area contributed by atoms with Crippen molar-refractivity contribution in [2.45, 2.75) is 303 Å². The van der Waals surface area contributed by atoms with E-state index in [1.807, 2.05) is 18.2 Å². The van der Waals surface area contributed by atoms with Gasteiger partial charge in [0.25, 0.3) is 0 Å². The maximum absolute atomic E-state index is 13.0. The summed E-state index contributed by atoms with van der Waals surface area (Å²) in [6.45, 7) is 4.45. The number of carbonyl (C=O) groups excluding carboxylic acids is 4. The molecule has 0 heterocycles. The fourth-order valence-electron chi connectivity index (χ4n) is 9.40. The Morgan fingerprint density at radius 3 is 0.969 bits per heavy atom. The van der Waals surface area contributed by atoms with Crippen molar-refractivity contribution in [3.63, 3.8) is 0 Å². The van der Waals surface area contributed by atoms with Gasteiger partial charge in [0.1, 0.15) is 19.3 Å². The molecule has 0 saturated carbocycles. The van der Waals surface area contributed by atoms with E-state index in [-0.39, 0.29) is 25.7 Å². The van der Waals surface area contributed by atoms with Crippen LogP contribution in [0.2, 0.25) is 0 Å². The lowest BCUT2D eigenvalue weighted by molar-refractivity contribution is -0.161. The third-order valence-electron chi connectivity index (χ3n) is 15.0. The van der Waals surface area contributed by atoms with Gasteiger partial charge in [-0.1, -0.05) is 265 Å². The Balaban J connectivity index is 5.44. The van der Waals surface area contributed by atoms with Crippen LogP contribution in [0.25, 0.3) is 0 Å². The maximum Gasteiger partial charge on any atom is 0.472 e. The van der Waals surface area contributed by atoms with E-state index in [2.05, 4.69) is 125 Å². The molecule has 0 fully saturated rings. The van der Waals surface area contributed by atoms with Gasteiger partial charge in [-0.2, -0.15) is 0 Å². The number of esters is 4. The van der Waals surface area contributed by atoms with Gasteiger partial charge < -0.3 is 33.8 Å². The zero-order valence-electron chi connectivity index (χ0n) is 59.8. The molecular weight excluding hydrogens is 1260 g/mol. The van der Waals surface area contributed by atoms with Gasteiger partial charge in [-0.3, -0.25) is 37.3 Å². The number of aliphatic hydroxyl groups is 1. The van der Waals surface area contributed by atoms with Gasteiger partial charge >= 0.3 is 39.5 Å². The summed E-state index contributed by atoms with van der Waals surface area (Å²) >= 11 is 0. The van der Waals surface area contributed by atoms with Crippen LogP contribution < -0.4 is 0 Å². The number of phosphoric ester groups is 2. The largest absolute Gasteiger partial charge is 0.472 e. The van der Waals surface area contributed by atoms with Crippen LogP contribution in [0.3, 0.4) is 0 Å². The first-order valence-corrected chi connectivity index (χ1v) is 39.8. The molecule has 0 amide bonds. The Morgan fingerprint density at radius 1 is 0.312 bits per heavy atom. The molecule has 0 aliphatic carbocycles. The van der Waals surface area contributed by atoms with Gasteiger partial charge in [0.2, 0.25) is 0 Å². The zero-order chi connectivity index (χ0) is 70.4. The van der Waals surface area contributed by atoms with Crippen LogP contribution in [0.4, 0.5) is 0 Å². The summed E-state index contributed by atoms with van der Waals surface area (Å²) in [5.74, 6) is -2.38. The van der Waals surface area contributed by atoms with Crippen molar-refractivity contribution in [3.8, 4) is 0 Å². The normalized spacial score (nSPS) is 14.7. The van der Waals surface area contributed by atoms with E-state index in [4.69, 9.17) is 37.0 Å². The van der Waals surface area contributed by atoms with Crippen molar-refractivity contribution in [1.29, 1.82) is 0 Å². The van der Waals surface area contributed by atoms with Crippen molar-refractivity contribution < 1.29 is 80.2 Å². The van der Waals surface area contributed by atoms with Crippen LogP contribution in [-0.2, 0) is 65.4 Å². The van der Waals surface area contributed by atoms with Crippen molar-refractivity contribution in [2.24, 2.45) is 0 Å². The van der Waals surface area contributed by atoms with Gasteiger partial charge in [-0.25, -0.2) is 9.13 Å². The van der Waals surface area contributed by atoms with E-state index >= 15 is 0 Å². The summed E-state index contributed by atoms with van der Waals surface area (Å²) in [4.78, 5) is 72.6. The topological polar surface area (TPSA) is 237 Å². The zero-order valence-corrected chi connectivity index (χ0v) is 61.5. The SMILES string of the molecule is CC/C=C\C/C=C\C/C=C\C/C=C\C/C=C\CC(=O)OCC(COP(=O)(O)OCC(O)COP(=O)(O)OCC(COC(=O)CCCC/C=C\C/C=C\C/C=C\C/C=C\CC)OC(=O)CCCCCCC/C=C\CCCCCC)OC(=O)CCCCCCCCCCCCCCC. The monoisotopic (exact) mass is 1390 g/mol. The smallest absolute Gasteiger partial charge is 0.462 e. The highest BCUT2D eigenvalue weighted by Crippen LogP contribution is 2.45. The Morgan fingerprint density at radius 2 is 0.583 bits per heavy atom. The minimum Gasteiger partial charge on any atom is -0.462 e. The third kappa shape index (κ3) is 68.0. The molecule has 0 aromatic rings. The number of hydrogen-bond donors (Lipinski definition) is 3. The number of unbranched alkanes of at least 4 members (excludes halogenated alkanes) is 23. The first-order chi connectivity index (χ1) is 46.7. The third-order valence-corrected chi connectivity index (χ3v) is 16.9. The first kappa shape index (κ1) is 91.5. The van der Waals surface area contributed by atoms with Crippen LogP contribution in [-0.4, -0.2) is 96.7 Å². The van der Waals surface area contributed by atoms with Gasteiger partial charge in [-0.15, -0.1) is 0 Å². The molecule has 96 heavy (non-hydrogen) atoms. The van der Waals surface area contributed by atoms with Gasteiger partial charge in [0, 0.05) is 19.3 Å². The first-order valence-electron chi connectivity index (χ1n) is 36.8. The Bertz CT molecular complexity index is 2300. The summed E-state index contributed by atoms with van der Waals surface area (Å²) in [7, 11) is -9.98. The molecule has 0 saturated heterocycles. The van der Waals surface area contributed by atoms with E-state index in [1.54, 1.807) is 6.08 Å². The van der Waals surface area contributed by atoms with Crippen LogP contribution >= 0.6 is 15.6 Å². The number of carbonyl (C=O) groups is 4. The summed E-state index contributed by atoms with van der Waals surface area (Å²) < 4.78 is 68.2. The average Bonchev–Trinajstić information content (AvgIpc) is 1.14. The molecule has 550 valence electrons. The number of phosphoric acid groups is 2. The molecule has 5 atom stereocenters. The summed E-state index contributed by atoms with van der Waals surface area (Å²) in [6, 6.07) is 0. The van der Waals surface area contributed by atoms with Gasteiger partial charge in [0.15, 0.2) is 12.2 Å². The Hall–Kier alpha value is -4.54. The number of allylic oxidation sites excluding steroid dienone is 19. The van der Waals surface area contributed by atoms with Crippen molar-refractivity contribution in [3.05, 3.63) is 122 Å². The van der Waals surface area contributed by atoms with E-state index in [0.29, 0.717) is 25.7 Å². The van der Waals surface area contributed by atoms with E-state index < -0.39 is 97.5 Å². The predicted molar refractivity (Wildman–Crippen MR) is 390 cm³/mol. The molecule has 0 rings (SSSR count). The minimum absolute atomic E-state index is 0.0714. The van der Waals surface area contributed by atoms with Crippen LogP contribution in [0.1, 0.15) is 285 Å². The summed E-state index contributed by atoms with van der Waals surface area (Å²) in [6.07, 6.45) is 73.8. The highest BCUT2D eigenvalue weighted by Gasteiger charge is 2.30. The molecule has 19 heteroatoms. The molecule has 0 aromatic heterocycles. The molecule has 0 aromatic carbocycles. The molecular formula is C77H130O17P2. The molecule has 0 aliphatic rings. The lowest BCUT2D eigenvalue weighted by Crippen LogP contribution is -2.30. The molecule has 0 radical (unpaired) electrons. The lowest BCUT2D eigenvalue weighted by Gasteiger charge is -2.21. The Labute approximate surface area is 581 Å². The molecule has 3 N–H and O–H groups in total. The molecule has 0 bridgehead atoms. The quantitative estimate of drug-likeness (QED) is 0.0169. The van der Waals surface area contributed by atoms with E-state index in [9.17, 15) is 43.2 Å². The molecule has 5 unspecified atom stereocenters. The standard InChI is InChI=1S/C77H130O17P2/c1-5-9-13-17-21-25-29-33-35-39-41-45-49-53-57-61-74(79)87-67-72(93-76(81)63-59-55-51-47-43-37-31-27-23-19-15-11-7-3)69-91-95(83,84)89-65-71(78)66-90-96(85,86)92-70-73(94-77(82)64-60-56-52-48-44-38-32-28-24-20-16-12-8-4)68-88-75(80)62-58-54-50-46-42-40-36-34-30-26-22-18-14-10-6-2/h9-10,13-14,21-22,25-27,31,33-36,41-42,45-46,54,58,71-73,78H,5-8,11-12,15-20,23-24,28-30,32,37-40,43-44,47-53,55-57,59-70H2,1-4H3,(H,83,84)(H,85,86)/b13-9-,14-10-,25-21-,26-22-,31-27-,35-33-,36-34-,45-41-,46-42-,58-54-. The molecule has 0 aliphatic heterocycles. The maximum atomic E-state index is 13.0. The van der Waals surface area contributed by atoms with Crippen molar-refractivity contribution in [1.82, 2.24) is 0 Å². The number of rotatable bonds is 68. The molecule has 17 nitrogen and oxygen atoms in total. The minimum atomic E-state index is -4.99. The van der Waals surface area contributed by atoms with E-state index in [0.717, 1.165) is 128 Å². The predicted octanol–water partition coefficient (Wildman–Crippen LogP) is 20.8. The Kier molecular flexibility index (Phi) is 65.7. The lowest BCUT2D eigenvalue weighted by atomic mass is 10.0. The van der Waals surface area contributed by atoms with Gasteiger partial charge in [0.05, 0.1) is 32.8 Å². The second-order valence-electron chi connectivity index (χ2n) is 24.1. The fraction of sp³-hybridized carbons (Fsp3) is 0.688.